The summed E-state index contributed by atoms with van der Waals surface area (Å²) < 4.78 is 0. The number of amides is 1. The third kappa shape index (κ3) is 4.38. The third-order valence-electron chi connectivity index (χ3n) is 3.41. The molecule has 0 saturated carbocycles. The molecule has 1 amide bonds. The standard InChI is InChI=1S/C13H25N3O2/c1-9(2)13(11(4)17)15-12(18)8-16-6-5-14-7-10(16)3/h9-10,13-14H,5-8H2,1-4H3,(H,15,18)/t10-,13?/m0/s1. The lowest BCUT2D eigenvalue weighted by Gasteiger charge is -2.33. The monoisotopic (exact) mass is 255 g/mol. The van der Waals surface area contributed by atoms with Gasteiger partial charge >= 0.3 is 0 Å². The van der Waals surface area contributed by atoms with Crippen LogP contribution in [-0.2, 0) is 9.59 Å². The van der Waals surface area contributed by atoms with Gasteiger partial charge in [0, 0.05) is 25.7 Å². The van der Waals surface area contributed by atoms with Gasteiger partial charge in [0.1, 0.15) is 0 Å². The Labute approximate surface area is 109 Å². The van der Waals surface area contributed by atoms with Crippen LogP contribution < -0.4 is 10.6 Å². The van der Waals surface area contributed by atoms with Crippen LogP contribution in [-0.4, -0.2) is 54.9 Å². The molecule has 0 aromatic carbocycles. The fourth-order valence-electron chi connectivity index (χ4n) is 2.26. The van der Waals surface area contributed by atoms with E-state index >= 15 is 0 Å². The summed E-state index contributed by atoms with van der Waals surface area (Å²) >= 11 is 0. The van der Waals surface area contributed by atoms with Crippen molar-refractivity contribution in [1.29, 1.82) is 0 Å². The largest absolute Gasteiger partial charge is 0.345 e. The van der Waals surface area contributed by atoms with E-state index in [1.807, 2.05) is 13.8 Å². The number of hydrogen-bond acceptors (Lipinski definition) is 4. The zero-order valence-corrected chi connectivity index (χ0v) is 11.8. The molecule has 0 radical (unpaired) electrons. The van der Waals surface area contributed by atoms with Gasteiger partial charge in [-0.1, -0.05) is 13.8 Å². The second-order valence-electron chi connectivity index (χ2n) is 5.42. The first-order valence-corrected chi connectivity index (χ1v) is 6.66. The highest BCUT2D eigenvalue weighted by Crippen LogP contribution is 2.05. The summed E-state index contributed by atoms with van der Waals surface area (Å²) in [6, 6.07) is -0.00458. The molecule has 1 unspecified atom stereocenters. The van der Waals surface area contributed by atoms with Crippen molar-refractivity contribution in [1.82, 2.24) is 15.5 Å². The van der Waals surface area contributed by atoms with Crippen LogP contribution in [0.5, 0.6) is 0 Å². The molecule has 0 spiro atoms. The van der Waals surface area contributed by atoms with Crippen molar-refractivity contribution in [3.63, 3.8) is 0 Å². The Bertz CT molecular complexity index is 305. The molecule has 1 saturated heterocycles. The van der Waals surface area contributed by atoms with Gasteiger partial charge in [0.2, 0.25) is 5.91 Å². The van der Waals surface area contributed by atoms with Crippen LogP contribution in [0.25, 0.3) is 0 Å². The first-order chi connectivity index (χ1) is 8.41. The van der Waals surface area contributed by atoms with Crippen molar-refractivity contribution in [2.75, 3.05) is 26.2 Å². The summed E-state index contributed by atoms with van der Waals surface area (Å²) in [6.45, 7) is 10.6. The van der Waals surface area contributed by atoms with Crippen LogP contribution in [0.2, 0.25) is 0 Å². The van der Waals surface area contributed by atoms with Crippen molar-refractivity contribution >= 4 is 11.7 Å². The second-order valence-corrected chi connectivity index (χ2v) is 5.42. The molecule has 1 aliphatic rings. The summed E-state index contributed by atoms with van der Waals surface area (Å²) in [5.41, 5.74) is 0. The number of piperazine rings is 1. The number of Topliss-reactive ketones (excluding diaryl/α,β-unsaturated/α-hetero) is 1. The number of hydrogen-bond donors (Lipinski definition) is 2. The lowest BCUT2D eigenvalue weighted by Crippen LogP contribution is -2.54. The predicted octanol–water partition coefficient (Wildman–Crippen LogP) is 0.00990. The Morgan fingerprint density at radius 3 is 2.61 bits per heavy atom. The highest BCUT2D eigenvalue weighted by atomic mass is 16.2. The number of carbonyl (C=O) groups excluding carboxylic acids is 2. The smallest absolute Gasteiger partial charge is 0.234 e. The first-order valence-electron chi connectivity index (χ1n) is 6.66. The molecule has 1 heterocycles. The fraction of sp³-hybridized carbons (Fsp3) is 0.846. The Morgan fingerprint density at radius 2 is 2.11 bits per heavy atom. The summed E-state index contributed by atoms with van der Waals surface area (Å²) in [6.07, 6.45) is 0. The average molecular weight is 255 g/mol. The van der Waals surface area contributed by atoms with E-state index in [1.54, 1.807) is 0 Å². The summed E-state index contributed by atoms with van der Waals surface area (Å²) in [4.78, 5) is 25.5. The highest BCUT2D eigenvalue weighted by molar-refractivity contribution is 5.88. The summed E-state index contributed by atoms with van der Waals surface area (Å²) in [5.74, 6) is 0.0938. The molecule has 5 heteroatoms. The van der Waals surface area contributed by atoms with Gasteiger partial charge in [-0.05, 0) is 19.8 Å². The molecule has 0 aromatic heterocycles. The van der Waals surface area contributed by atoms with Crippen LogP contribution in [0.4, 0.5) is 0 Å². The van der Waals surface area contributed by atoms with E-state index in [2.05, 4.69) is 22.5 Å². The number of nitrogens with zero attached hydrogens (tertiary/aromatic N) is 1. The van der Waals surface area contributed by atoms with Crippen LogP contribution >= 0.6 is 0 Å². The first kappa shape index (κ1) is 15.1. The van der Waals surface area contributed by atoms with Gasteiger partial charge in [0.05, 0.1) is 12.6 Å². The van der Waals surface area contributed by atoms with Crippen LogP contribution in [0.15, 0.2) is 0 Å². The maximum absolute atomic E-state index is 12.0. The van der Waals surface area contributed by atoms with Crippen molar-refractivity contribution in [3.8, 4) is 0 Å². The van der Waals surface area contributed by atoms with Gasteiger partial charge in [-0.2, -0.15) is 0 Å². The van der Waals surface area contributed by atoms with Gasteiger partial charge in [-0.15, -0.1) is 0 Å². The maximum atomic E-state index is 12.0. The maximum Gasteiger partial charge on any atom is 0.234 e. The lowest BCUT2D eigenvalue weighted by molar-refractivity contribution is -0.128. The predicted molar refractivity (Wildman–Crippen MR) is 71.4 cm³/mol. The van der Waals surface area contributed by atoms with Crippen molar-refractivity contribution in [3.05, 3.63) is 0 Å². The van der Waals surface area contributed by atoms with Gasteiger partial charge < -0.3 is 10.6 Å². The van der Waals surface area contributed by atoms with E-state index < -0.39 is 0 Å². The van der Waals surface area contributed by atoms with E-state index in [4.69, 9.17) is 0 Å². The number of rotatable bonds is 5. The topological polar surface area (TPSA) is 61.4 Å². The van der Waals surface area contributed by atoms with E-state index in [-0.39, 0.29) is 23.7 Å². The fourth-order valence-corrected chi connectivity index (χ4v) is 2.26. The molecule has 5 nitrogen and oxygen atoms in total. The van der Waals surface area contributed by atoms with Crippen LogP contribution in [0.3, 0.4) is 0 Å². The third-order valence-corrected chi connectivity index (χ3v) is 3.41. The summed E-state index contributed by atoms with van der Waals surface area (Å²) in [5, 5.41) is 6.12. The minimum Gasteiger partial charge on any atom is -0.345 e. The number of carbonyl (C=O) groups is 2. The molecule has 0 aliphatic carbocycles. The minimum absolute atomic E-state index is 0.0201. The van der Waals surface area contributed by atoms with Gasteiger partial charge in [0.25, 0.3) is 0 Å². The Hall–Kier alpha value is -0.940. The highest BCUT2D eigenvalue weighted by Gasteiger charge is 2.24. The normalized spacial score (nSPS) is 22.8. The molecule has 0 bridgehead atoms. The molecule has 104 valence electrons. The zero-order chi connectivity index (χ0) is 13.7. The molecule has 1 fully saturated rings. The van der Waals surface area contributed by atoms with E-state index in [9.17, 15) is 9.59 Å². The van der Waals surface area contributed by atoms with E-state index in [0.29, 0.717) is 12.6 Å². The van der Waals surface area contributed by atoms with Crippen molar-refractivity contribution < 1.29 is 9.59 Å². The van der Waals surface area contributed by atoms with Gasteiger partial charge in [0.15, 0.2) is 5.78 Å². The van der Waals surface area contributed by atoms with Crippen molar-refractivity contribution in [2.45, 2.75) is 39.8 Å². The molecular weight excluding hydrogens is 230 g/mol. The molecule has 2 atom stereocenters. The molecular formula is C13H25N3O2. The zero-order valence-electron chi connectivity index (χ0n) is 11.8. The Balaban J connectivity index is 2.47. The average Bonchev–Trinajstić information content (AvgIpc) is 2.28. The quantitative estimate of drug-likeness (QED) is 0.726. The SMILES string of the molecule is CC(=O)C(NC(=O)CN1CCNC[C@@H]1C)C(C)C. The van der Waals surface area contributed by atoms with Gasteiger partial charge in [-0.3, -0.25) is 14.5 Å². The van der Waals surface area contributed by atoms with Gasteiger partial charge in [-0.25, -0.2) is 0 Å². The molecule has 0 aromatic rings. The molecule has 2 N–H and O–H groups in total. The number of ketones is 1. The molecule has 1 rings (SSSR count). The van der Waals surface area contributed by atoms with Crippen molar-refractivity contribution in [2.24, 2.45) is 5.92 Å². The van der Waals surface area contributed by atoms with E-state index in [1.165, 1.54) is 6.92 Å². The second kappa shape index (κ2) is 6.85. The van der Waals surface area contributed by atoms with E-state index in [0.717, 1.165) is 19.6 Å². The minimum atomic E-state index is -0.365. The summed E-state index contributed by atoms with van der Waals surface area (Å²) in [7, 11) is 0. The number of nitrogens with one attached hydrogen (secondary N) is 2. The Kier molecular flexibility index (Phi) is 5.75. The molecule has 18 heavy (non-hydrogen) atoms. The Morgan fingerprint density at radius 1 is 1.44 bits per heavy atom. The lowest BCUT2D eigenvalue weighted by atomic mass is 10.0. The van der Waals surface area contributed by atoms with Crippen LogP contribution in [0.1, 0.15) is 27.7 Å². The molecule has 1 aliphatic heterocycles. The van der Waals surface area contributed by atoms with Crippen LogP contribution in [0, 0.1) is 5.92 Å².